The van der Waals surface area contributed by atoms with Gasteiger partial charge in [-0.25, -0.2) is 0 Å². The second-order valence-electron chi connectivity index (χ2n) is 5.01. The lowest BCUT2D eigenvalue weighted by molar-refractivity contribution is 0.597. The van der Waals surface area contributed by atoms with Crippen LogP contribution in [0.3, 0.4) is 0 Å². The lowest BCUT2D eigenvalue weighted by Gasteiger charge is -2.03. The van der Waals surface area contributed by atoms with Crippen molar-refractivity contribution in [3.63, 3.8) is 0 Å². The van der Waals surface area contributed by atoms with E-state index in [0.29, 0.717) is 4.90 Å². The number of nitrogens with zero attached hydrogens (tertiary/aromatic N) is 3. The molecule has 0 aliphatic heterocycles. The van der Waals surface area contributed by atoms with Gasteiger partial charge >= 0.3 is 0 Å². The van der Waals surface area contributed by atoms with Crippen molar-refractivity contribution < 1.29 is 4.55 Å². The lowest BCUT2D eigenvalue weighted by Crippen LogP contribution is -1.98. The summed E-state index contributed by atoms with van der Waals surface area (Å²) in [4.78, 5) is 9.03. The number of aryl methyl sites for hydroxylation is 1. The van der Waals surface area contributed by atoms with Crippen molar-refractivity contribution in [3.8, 4) is 11.3 Å². The van der Waals surface area contributed by atoms with E-state index in [1.165, 1.54) is 0 Å². The molecule has 1 unspecified atom stereocenters. The largest absolute Gasteiger partial charge is 0.586 e. The molecule has 0 spiro atoms. The maximum Gasteiger partial charge on any atom is 0.182 e. The molecule has 0 aliphatic carbocycles. The first kappa shape index (κ1) is 15.4. The average molecular weight is 321 g/mol. The molecule has 0 saturated carbocycles. The second kappa shape index (κ2) is 7.17. The van der Waals surface area contributed by atoms with Crippen molar-refractivity contribution in [2.45, 2.75) is 11.8 Å². The molecule has 1 heterocycles. The SMILES string of the molecule is Cc1ccc([S+]([O-])/N=C/c2cccc(-c3cnccn3)c2)cc1. The monoisotopic (exact) mass is 321 g/mol. The summed E-state index contributed by atoms with van der Waals surface area (Å²) >= 11 is -1.40. The van der Waals surface area contributed by atoms with Crippen LogP contribution < -0.4 is 0 Å². The number of benzene rings is 2. The summed E-state index contributed by atoms with van der Waals surface area (Å²) < 4.78 is 16.3. The third-order valence-electron chi connectivity index (χ3n) is 3.27. The summed E-state index contributed by atoms with van der Waals surface area (Å²) in [6.07, 6.45) is 6.62. The van der Waals surface area contributed by atoms with Gasteiger partial charge in [0.2, 0.25) is 0 Å². The maximum absolute atomic E-state index is 12.2. The molecule has 1 aromatic heterocycles. The molecule has 3 aromatic rings. The molecule has 0 N–H and O–H groups in total. The van der Waals surface area contributed by atoms with E-state index in [4.69, 9.17) is 0 Å². The number of aromatic nitrogens is 2. The fourth-order valence-electron chi connectivity index (χ4n) is 2.05. The van der Waals surface area contributed by atoms with Gasteiger partial charge in [0.15, 0.2) is 4.90 Å². The molecule has 2 aromatic carbocycles. The predicted molar refractivity (Wildman–Crippen MR) is 92.6 cm³/mol. The van der Waals surface area contributed by atoms with E-state index >= 15 is 0 Å². The van der Waals surface area contributed by atoms with Crippen molar-refractivity contribution in [3.05, 3.63) is 78.2 Å². The Kier molecular flexibility index (Phi) is 4.80. The molecular formula is C18H15N3OS. The molecule has 0 amide bonds. The minimum absolute atomic E-state index is 0.692. The number of hydrogen-bond donors (Lipinski definition) is 0. The third kappa shape index (κ3) is 4.03. The Morgan fingerprint density at radius 1 is 1.09 bits per heavy atom. The van der Waals surface area contributed by atoms with Crippen LogP contribution in [0.25, 0.3) is 11.3 Å². The van der Waals surface area contributed by atoms with Gasteiger partial charge in [0.25, 0.3) is 0 Å². The van der Waals surface area contributed by atoms with Crippen LogP contribution in [0.15, 0.2) is 76.4 Å². The van der Waals surface area contributed by atoms with Crippen LogP contribution in [-0.2, 0) is 11.4 Å². The van der Waals surface area contributed by atoms with Gasteiger partial charge in [0.1, 0.15) is 11.4 Å². The quantitative estimate of drug-likeness (QED) is 0.545. The van der Waals surface area contributed by atoms with E-state index in [-0.39, 0.29) is 0 Å². The van der Waals surface area contributed by atoms with E-state index in [1.54, 1.807) is 24.8 Å². The van der Waals surface area contributed by atoms with Crippen LogP contribution in [0.1, 0.15) is 11.1 Å². The van der Waals surface area contributed by atoms with Crippen molar-refractivity contribution in [1.29, 1.82) is 0 Å². The molecule has 0 bridgehead atoms. The Labute approximate surface area is 138 Å². The molecule has 0 fully saturated rings. The van der Waals surface area contributed by atoms with Crippen molar-refractivity contribution in [1.82, 2.24) is 9.97 Å². The first-order valence-corrected chi connectivity index (χ1v) is 8.22. The van der Waals surface area contributed by atoms with E-state index in [1.807, 2.05) is 55.5 Å². The van der Waals surface area contributed by atoms with E-state index in [0.717, 1.165) is 22.4 Å². The average Bonchev–Trinajstić information content (AvgIpc) is 2.61. The Morgan fingerprint density at radius 3 is 2.65 bits per heavy atom. The van der Waals surface area contributed by atoms with Crippen LogP contribution in [0.5, 0.6) is 0 Å². The van der Waals surface area contributed by atoms with Gasteiger partial charge in [-0.1, -0.05) is 40.3 Å². The zero-order valence-corrected chi connectivity index (χ0v) is 13.4. The van der Waals surface area contributed by atoms with Crippen LogP contribution in [-0.4, -0.2) is 20.7 Å². The summed E-state index contributed by atoms with van der Waals surface area (Å²) in [5.41, 5.74) is 3.74. The Morgan fingerprint density at radius 2 is 1.91 bits per heavy atom. The van der Waals surface area contributed by atoms with Gasteiger partial charge in [0, 0.05) is 18.0 Å². The minimum Gasteiger partial charge on any atom is -0.586 e. The van der Waals surface area contributed by atoms with Gasteiger partial charge in [-0.2, -0.15) is 0 Å². The Balaban J connectivity index is 1.78. The molecule has 23 heavy (non-hydrogen) atoms. The summed E-state index contributed by atoms with van der Waals surface area (Å²) in [7, 11) is 0. The highest BCUT2D eigenvalue weighted by Gasteiger charge is 2.08. The fourth-order valence-corrected chi connectivity index (χ4v) is 2.76. The number of rotatable bonds is 4. The van der Waals surface area contributed by atoms with Crippen LogP contribution in [0.2, 0.25) is 0 Å². The van der Waals surface area contributed by atoms with E-state index < -0.39 is 11.4 Å². The topological polar surface area (TPSA) is 61.2 Å². The molecule has 0 saturated heterocycles. The fraction of sp³-hybridized carbons (Fsp3) is 0.0556. The van der Waals surface area contributed by atoms with Gasteiger partial charge in [-0.15, -0.1) is 0 Å². The van der Waals surface area contributed by atoms with Crippen molar-refractivity contribution >= 4 is 17.6 Å². The Bertz CT molecular complexity index is 804. The number of hydrogen-bond acceptors (Lipinski definition) is 4. The summed E-state index contributed by atoms with van der Waals surface area (Å²) in [5, 5.41) is 0. The molecule has 1 atom stereocenters. The molecule has 114 valence electrons. The standard InChI is InChI=1S/C18H15N3OS/c1-14-5-7-17(8-6-14)23(22)21-12-15-3-2-4-16(11-15)18-13-19-9-10-20-18/h2-13H,1H3/b21-12+. The van der Waals surface area contributed by atoms with Gasteiger partial charge in [-0.3, -0.25) is 9.97 Å². The van der Waals surface area contributed by atoms with E-state index in [9.17, 15) is 4.55 Å². The highest BCUT2D eigenvalue weighted by atomic mass is 32.2. The first-order chi connectivity index (χ1) is 11.2. The summed E-state index contributed by atoms with van der Waals surface area (Å²) in [6, 6.07) is 15.3. The molecule has 3 rings (SSSR count). The van der Waals surface area contributed by atoms with Crippen molar-refractivity contribution in [2.24, 2.45) is 4.40 Å². The van der Waals surface area contributed by atoms with Crippen LogP contribution in [0.4, 0.5) is 0 Å². The summed E-state index contributed by atoms with van der Waals surface area (Å²) in [6.45, 7) is 1.99. The normalized spacial score (nSPS) is 12.4. The zero-order valence-electron chi connectivity index (χ0n) is 12.6. The van der Waals surface area contributed by atoms with Crippen LogP contribution >= 0.6 is 0 Å². The predicted octanol–water partition coefficient (Wildman–Crippen LogP) is 3.59. The lowest BCUT2D eigenvalue weighted by atomic mass is 10.1. The highest BCUT2D eigenvalue weighted by molar-refractivity contribution is 7.90. The third-order valence-corrected chi connectivity index (χ3v) is 4.24. The van der Waals surface area contributed by atoms with Crippen LogP contribution in [0, 0.1) is 6.92 Å². The van der Waals surface area contributed by atoms with E-state index in [2.05, 4.69) is 14.4 Å². The minimum atomic E-state index is -1.40. The maximum atomic E-state index is 12.2. The second-order valence-corrected chi connectivity index (χ2v) is 6.19. The Hall–Kier alpha value is -2.50. The van der Waals surface area contributed by atoms with Crippen molar-refractivity contribution in [2.75, 3.05) is 0 Å². The van der Waals surface area contributed by atoms with Gasteiger partial charge < -0.3 is 4.55 Å². The molecule has 0 radical (unpaired) electrons. The molecule has 4 nitrogen and oxygen atoms in total. The van der Waals surface area contributed by atoms with Gasteiger partial charge in [-0.05, 0) is 30.7 Å². The molecule has 0 aliphatic rings. The highest BCUT2D eigenvalue weighted by Crippen LogP contribution is 2.17. The molecule has 5 heteroatoms. The van der Waals surface area contributed by atoms with Gasteiger partial charge in [0.05, 0.1) is 18.1 Å². The first-order valence-electron chi connectivity index (χ1n) is 7.11. The molecular weight excluding hydrogens is 306 g/mol. The smallest absolute Gasteiger partial charge is 0.182 e. The zero-order chi connectivity index (χ0) is 16.1. The summed E-state index contributed by atoms with van der Waals surface area (Å²) in [5.74, 6) is 0.